The molecule has 7 nitrogen and oxygen atoms in total. The minimum atomic E-state index is -0.800. The van der Waals surface area contributed by atoms with Crippen molar-refractivity contribution in [2.75, 3.05) is 11.5 Å². The van der Waals surface area contributed by atoms with E-state index < -0.39 is 29.8 Å². The summed E-state index contributed by atoms with van der Waals surface area (Å²) in [6.45, 7) is 1.46. The van der Waals surface area contributed by atoms with Crippen LogP contribution in [0.1, 0.15) is 6.92 Å². The summed E-state index contributed by atoms with van der Waals surface area (Å²) in [6.07, 6.45) is 0. The Bertz CT molecular complexity index is 284. The van der Waals surface area contributed by atoms with Crippen molar-refractivity contribution in [1.29, 1.82) is 0 Å². The summed E-state index contributed by atoms with van der Waals surface area (Å²) in [5.41, 5.74) is 15.4. The molecule has 0 saturated carbocycles. The van der Waals surface area contributed by atoms with Crippen molar-refractivity contribution >= 4 is 29.5 Å². The van der Waals surface area contributed by atoms with Gasteiger partial charge in [-0.2, -0.15) is 0 Å². The molecule has 0 unspecified atom stereocenters. The third kappa shape index (κ3) is 6.25. The molecule has 0 aliphatic heterocycles. The highest BCUT2D eigenvalue weighted by molar-refractivity contribution is 8.00. The molecule has 0 fully saturated rings. The summed E-state index contributed by atoms with van der Waals surface area (Å²) in [7, 11) is 0. The molecule has 0 aromatic rings. The Morgan fingerprint density at radius 3 is 2.31 bits per heavy atom. The molecule has 16 heavy (non-hydrogen) atoms. The Kier molecular flexibility index (Phi) is 6.50. The van der Waals surface area contributed by atoms with Crippen LogP contribution in [0, 0.1) is 0 Å². The van der Waals surface area contributed by atoms with Gasteiger partial charge in [0.2, 0.25) is 17.7 Å². The van der Waals surface area contributed by atoms with E-state index in [4.69, 9.17) is 17.2 Å². The summed E-state index contributed by atoms with van der Waals surface area (Å²) in [4.78, 5) is 32.4. The maximum Gasteiger partial charge on any atom is 0.239 e. The molecule has 0 bridgehead atoms. The number of hydrogen-bond acceptors (Lipinski definition) is 5. The standard InChI is InChI=1S/C8H16N4O3S/c1-4(7(11)14)12-8(15)5(9)2-16-3-6(10)13/h4-5H,2-3,9H2,1H3,(H2,10,13)(H2,11,14)(H,12,15)/t4-,5-/m0/s1. The van der Waals surface area contributed by atoms with Gasteiger partial charge < -0.3 is 22.5 Å². The first-order valence-electron chi connectivity index (χ1n) is 4.56. The summed E-state index contributed by atoms with van der Waals surface area (Å²) in [6, 6.07) is -1.56. The van der Waals surface area contributed by atoms with Crippen molar-refractivity contribution in [3.8, 4) is 0 Å². The maximum absolute atomic E-state index is 11.4. The van der Waals surface area contributed by atoms with E-state index in [0.717, 1.165) is 11.8 Å². The van der Waals surface area contributed by atoms with E-state index in [2.05, 4.69) is 5.32 Å². The molecule has 2 atom stereocenters. The van der Waals surface area contributed by atoms with Crippen LogP contribution in [-0.4, -0.2) is 41.3 Å². The number of rotatable bonds is 7. The normalized spacial score (nSPS) is 13.9. The van der Waals surface area contributed by atoms with Crippen LogP contribution in [-0.2, 0) is 14.4 Å². The van der Waals surface area contributed by atoms with Crippen LogP contribution in [0.4, 0.5) is 0 Å². The molecule has 0 aliphatic carbocycles. The van der Waals surface area contributed by atoms with Crippen LogP contribution in [0.15, 0.2) is 0 Å². The Morgan fingerprint density at radius 2 is 1.88 bits per heavy atom. The van der Waals surface area contributed by atoms with Gasteiger partial charge in [0.05, 0.1) is 11.8 Å². The fraction of sp³-hybridized carbons (Fsp3) is 0.625. The van der Waals surface area contributed by atoms with Crippen LogP contribution in [0.25, 0.3) is 0 Å². The van der Waals surface area contributed by atoms with Crippen molar-refractivity contribution in [1.82, 2.24) is 5.32 Å². The van der Waals surface area contributed by atoms with E-state index in [1.807, 2.05) is 0 Å². The molecule has 8 heteroatoms. The van der Waals surface area contributed by atoms with E-state index in [9.17, 15) is 14.4 Å². The van der Waals surface area contributed by atoms with Gasteiger partial charge >= 0.3 is 0 Å². The largest absolute Gasteiger partial charge is 0.369 e. The molecule has 0 heterocycles. The average Bonchev–Trinajstić information content (AvgIpc) is 2.16. The van der Waals surface area contributed by atoms with Crippen LogP contribution in [0.3, 0.4) is 0 Å². The number of hydrogen-bond donors (Lipinski definition) is 4. The number of carbonyl (C=O) groups is 3. The van der Waals surface area contributed by atoms with Crippen molar-refractivity contribution < 1.29 is 14.4 Å². The number of nitrogens with two attached hydrogens (primary N) is 3. The van der Waals surface area contributed by atoms with Crippen molar-refractivity contribution in [3.05, 3.63) is 0 Å². The molecule has 0 aliphatic rings. The van der Waals surface area contributed by atoms with Gasteiger partial charge in [0, 0.05) is 5.75 Å². The van der Waals surface area contributed by atoms with Gasteiger partial charge in [-0.15, -0.1) is 11.8 Å². The quantitative estimate of drug-likeness (QED) is 0.395. The molecule has 0 radical (unpaired) electrons. The maximum atomic E-state index is 11.4. The molecule has 3 amide bonds. The van der Waals surface area contributed by atoms with E-state index in [0.29, 0.717) is 0 Å². The van der Waals surface area contributed by atoms with Crippen LogP contribution in [0.5, 0.6) is 0 Å². The topological polar surface area (TPSA) is 141 Å². The van der Waals surface area contributed by atoms with Crippen molar-refractivity contribution in [3.63, 3.8) is 0 Å². The minimum Gasteiger partial charge on any atom is -0.369 e. The number of thioether (sulfide) groups is 1. The van der Waals surface area contributed by atoms with E-state index in [1.165, 1.54) is 6.92 Å². The fourth-order valence-electron chi connectivity index (χ4n) is 0.754. The average molecular weight is 248 g/mol. The predicted octanol–water partition coefficient (Wildman–Crippen LogP) is -2.48. The first-order valence-corrected chi connectivity index (χ1v) is 5.71. The van der Waals surface area contributed by atoms with E-state index in [-0.39, 0.29) is 11.5 Å². The van der Waals surface area contributed by atoms with E-state index in [1.54, 1.807) is 0 Å². The summed E-state index contributed by atoms with van der Waals surface area (Å²) < 4.78 is 0. The van der Waals surface area contributed by atoms with Gasteiger partial charge in [0.1, 0.15) is 6.04 Å². The minimum absolute atomic E-state index is 0.104. The highest BCUT2D eigenvalue weighted by atomic mass is 32.2. The second-order valence-electron chi connectivity index (χ2n) is 3.22. The predicted molar refractivity (Wildman–Crippen MR) is 61.3 cm³/mol. The van der Waals surface area contributed by atoms with Crippen LogP contribution in [0.2, 0.25) is 0 Å². The zero-order valence-electron chi connectivity index (χ0n) is 8.93. The Hall–Kier alpha value is -1.28. The van der Waals surface area contributed by atoms with Crippen LogP contribution < -0.4 is 22.5 Å². The first kappa shape index (κ1) is 14.7. The number of nitrogens with one attached hydrogen (secondary N) is 1. The van der Waals surface area contributed by atoms with Gasteiger partial charge in [-0.3, -0.25) is 14.4 Å². The third-order valence-electron chi connectivity index (χ3n) is 1.66. The molecule has 0 aromatic carbocycles. The Labute approximate surface area is 97.5 Å². The highest BCUT2D eigenvalue weighted by Gasteiger charge is 2.18. The molecule has 0 spiro atoms. The molecule has 0 aromatic heterocycles. The molecule has 92 valence electrons. The van der Waals surface area contributed by atoms with Crippen molar-refractivity contribution in [2.45, 2.75) is 19.0 Å². The Balaban J connectivity index is 3.90. The highest BCUT2D eigenvalue weighted by Crippen LogP contribution is 2.00. The zero-order chi connectivity index (χ0) is 12.7. The van der Waals surface area contributed by atoms with Gasteiger partial charge in [-0.25, -0.2) is 0 Å². The summed E-state index contributed by atoms with van der Waals surface area (Å²) in [5.74, 6) is -1.23. The van der Waals surface area contributed by atoms with Gasteiger partial charge in [0.25, 0.3) is 0 Å². The van der Waals surface area contributed by atoms with Gasteiger partial charge in [-0.05, 0) is 6.92 Å². The molecule has 0 saturated heterocycles. The SMILES string of the molecule is C[C@H](NC(=O)[C@@H](N)CSCC(N)=O)C(N)=O. The second-order valence-corrected chi connectivity index (χ2v) is 4.25. The van der Waals surface area contributed by atoms with Crippen molar-refractivity contribution in [2.24, 2.45) is 17.2 Å². The molecular formula is C8H16N4O3S. The Morgan fingerprint density at radius 1 is 1.31 bits per heavy atom. The molecule has 0 rings (SSSR count). The lowest BCUT2D eigenvalue weighted by molar-refractivity contribution is -0.127. The van der Waals surface area contributed by atoms with Gasteiger partial charge in [-0.1, -0.05) is 0 Å². The molecule has 7 N–H and O–H groups in total. The summed E-state index contributed by atoms with van der Waals surface area (Å²) >= 11 is 1.16. The summed E-state index contributed by atoms with van der Waals surface area (Å²) in [5, 5.41) is 2.35. The number of amides is 3. The fourth-order valence-corrected chi connectivity index (χ4v) is 1.48. The lowest BCUT2D eigenvalue weighted by Gasteiger charge is -2.14. The lowest BCUT2D eigenvalue weighted by atomic mass is 10.2. The monoisotopic (exact) mass is 248 g/mol. The van der Waals surface area contributed by atoms with Gasteiger partial charge in [0.15, 0.2) is 0 Å². The number of primary amides is 2. The lowest BCUT2D eigenvalue weighted by Crippen LogP contribution is -2.49. The van der Waals surface area contributed by atoms with E-state index >= 15 is 0 Å². The smallest absolute Gasteiger partial charge is 0.239 e. The van der Waals surface area contributed by atoms with Crippen LogP contribution >= 0.6 is 11.8 Å². The third-order valence-corrected chi connectivity index (χ3v) is 2.75. The second kappa shape index (κ2) is 7.07. The molecular weight excluding hydrogens is 232 g/mol. The first-order chi connectivity index (χ1) is 7.34. The number of carbonyl (C=O) groups excluding carboxylic acids is 3. The zero-order valence-corrected chi connectivity index (χ0v) is 9.75.